The summed E-state index contributed by atoms with van der Waals surface area (Å²) in [5, 5.41) is 0.403. The number of rotatable bonds is 5. The second-order valence-corrected chi connectivity index (χ2v) is 6.32. The van der Waals surface area contributed by atoms with Crippen LogP contribution in [0.3, 0.4) is 0 Å². The van der Waals surface area contributed by atoms with Gasteiger partial charge < -0.3 is 5.73 Å². The normalized spacial score (nSPS) is 12.4. The predicted molar refractivity (Wildman–Crippen MR) is 84.9 cm³/mol. The molecule has 1 unspecified atom stereocenters. The van der Waals surface area contributed by atoms with E-state index in [1.165, 1.54) is 11.0 Å². The zero-order valence-corrected chi connectivity index (χ0v) is 12.8. The molecule has 2 aromatic carbocycles. The van der Waals surface area contributed by atoms with Gasteiger partial charge in [0.25, 0.3) is 0 Å². The summed E-state index contributed by atoms with van der Waals surface area (Å²) in [5.74, 6) is 0.743. The number of hydrogen-bond donors (Lipinski definition) is 1. The van der Waals surface area contributed by atoms with Crippen molar-refractivity contribution in [3.05, 3.63) is 64.4 Å². The Labute approximate surface area is 128 Å². The monoisotopic (exact) mass is 309 g/mol. The second-order valence-electron chi connectivity index (χ2n) is 4.55. The average Bonchev–Trinajstić information content (AvgIpc) is 2.43. The fourth-order valence-electron chi connectivity index (χ4n) is 2.02. The molecule has 1 nitrogen and oxygen atoms in total. The minimum Gasteiger partial charge on any atom is -0.324 e. The molecule has 1 atom stereocenters. The van der Waals surface area contributed by atoms with Gasteiger partial charge in [0.05, 0.1) is 0 Å². The highest BCUT2D eigenvalue weighted by Crippen LogP contribution is 2.23. The Bertz CT molecular complexity index is 571. The van der Waals surface area contributed by atoms with Gasteiger partial charge in [0.2, 0.25) is 0 Å². The molecule has 20 heavy (non-hydrogen) atoms. The lowest BCUT2D eigenvalue weighted by atomic mass is 9.99. The van der Waals surface area contributed by atoms with Crippen LogP contribution in [-0.2, 0) is 6.42 Å². The Morgan fingerprint density at radius 3 is 2.50 bits per heavy atom. The molecule has 0 bridgehead atoms. The van der Waals surface area contributed by atoms with E-state index in [-0.39, 0.29) is 11.9 Å². The van der Waals surface area contributed by atoms with Gasteiger partial charge in [-0.25, -0.2) is 4.39 Å². The number of benzene rings is 2. The van der Waals surface area contributed by atoms with Crippen molar-refractivity contribution in [2.75, 3.05) is 5.75 Å². The summed E-state index contributed by atoms with van der Waals surface area (Å²) in [6, 6.07) is 12.6. The molecule has 0 heterocycles. The van der Waals surface area contributed by atoms with Crippen LogP contribution in [0, 0.1) is 5.82 Å². The highest BCUT2D eigenvalue weighted by atomic mass is 35.5. The Morgan fingerprint density at radius 1 is 1.20 bits per heavy atom. The van der Waals surface area contributed by atoms with Gasteiger partial charge in [-0.15, -0.1) is 11.8 Å². The van der Waals surface area contributed by atoms with E-state index >= 15 is 0 Å². The van der Waals surface area contributed by atoms with Crippen LogP contribution >= 0.6 is 23.4 Å². The van der Waals surface area contributed by atoms with Gasteiger partial charge in [0.1, 0.15) is 5.82 Å². The van der Waals surface area contributed by atoms with E-state index in [4.69, 9.17) is 17.3 Å². The molecule has 0 aromatic heterocycles. The zero-order valence-electron chi connectivity index (χ0n) is 11.3. The number of nitrogens with two attached hydrogens (primary N) is 1. The largest absolute Gasteiger partial charge is 0.324 e. The minimum absolute atomic E-state index is 0.216. The summed E-state index contributed by atoms with van der Waals surface area (Å²) >= 11 is 7.53. The van der Waals surface area contributed by atoms with Gasteiger partial charge in [0.15, 0.2) is 0 Å². The first-order chi connectivity index (χ1) is 9.60. The van der Waals surface area contributed by atoms with Crippen LogP contribution in [-0.4, -0.2) is 5.75 Å². The van der Waals surface area contributed by atoms with Gasteiger partial charge in [0, 0.05) is 16.0 Å². The van der Waals surface area contributed by atoms with Crippen LogP contribution in [0.2, 0.25) is 5.02 Å². The van der Waals surface area contributed by atoms with Crippen LogP contribution in [0.5, 0.6) is 0 Å². The first-order valence-corrected chi connectivity index (χ1v) is 7.88. The van der Waals surface area contributed by atoms with Gasteiger partial charge in [-0.05, 0) is 47.6 Å². The smallest absolute Gasteiger partial charge is 0.127 e. The van der Waals surface area contributed by atoms with Crippen molar-refractivity contribution < 1.29 is 4.39 Å². The Balaban J connectivity index is 2.09. The van der Waals surface area contributed by atoms with Crippen molar-refractivity contribution in [3.63, 3.8) is 0 Å². The molecule has 2 aromatic rings. The number of halogens is 2. The fraction of sp³-hybridized carbons (Fsp3) is 0.250. The quantitative estimate of drug-likeness (QED) is 0.800. The Kier molecular flexibility index (Phi) is 5.46. The molecule has 0 spiro atoms. The maximum atomic E-state index is 13.7. The molecule has 2 rings (SSSR count). The lowest BCUT2D eigenvalue weighted by Gasteiger charge is -2.13. The molecule has 0 radical (unpaired) electrons. The van der Waals surface area contributed by atoms with Gasteiger partial charge in [-0.1, -0.05) is 36.7 Å². The van der Waals surface area contributed by atoms with Crippen LogP contribution in [0.4, 0.5) is 4.39 Å². The van der Waals surface area contributed by atoms with E-state index in [0.717, 1.165) is 11.3 Å². The van der Waals surface area contributed by atoms with Crippen LogP contribution < -0.4 is 5.73 Å². The van der Waals surface area contributed by atoms with Crippen molar-refractivity contribution in [2.45, 2.75) is 24.3 Å². The third-order valence-corrected chi connectivity index (χ3v) is 4.20. The lowest BCUT2D eigenvalue weighted by molar-refractivity contribution is 0.593. The Hall–Kier alpha value is -1.03. The fourth-order valence-corrected chi connectivity index (χ4v) is 2.84. The maximum Gasteiger partial charge on any atom is 0.127 e. The van der Waals surface area contributed by atoms with Crippen LogP contribution in [0.15, 0.2) is 47.4 Å². The summed E-state index contributed by atoms with van der Waals surface area (Å²) in [6.07, 6.45) is 0.462. The third kappa shape index (κ3) is 3.98. The minimum atomic E-state index is -0.300. The third-order valence-electron chi connectivity index (χ3n) is 3.07. The summed E-state index contributed by atoms with van der Waals surface area (Å²) in [5.41, 5.74) is 7.76. The second kappa shape index (κ2) is 7.11. The van der Waals surface area contributed by atoms with Crippen molar-refractivity contribution in [1.82, 2.24) is 0 Å². The van der Waals surface area contributed by atoms with E-state index in [1.54, 1.807) is 23.9 Å². The van der Waals surface area contributed by atoms with Crippen LogP contribution in [0.25, 0.3) is 0 Å². The van der Waals surface area contributed by atoms with Crippen LogP contribution in [0.1, 0.15) is 24.1 Å². The molecule has 2 N–H and O–H groups in total. The topological polar surface area (TPSA) is 26.0 Å². The van der Waals surface area contributed by atoms with Gasteiger partial charge in [-0.2, -0.15) is 0 Å². The van der Waals surface area contributed by atoms with E-state index in [9.17, 15) is 4.39 Å². The summed E-state index contributed by atoms with van der Waals surface area (Å²) < 4.78 is 13.7. The lowest BCUT2D eigenvalue weighted by Crippen LogP contribution is -2.14. The van der Waals surface area contributed by atoms with Crippen molar-refractivity contribution in [2.24, 2.45) is 5.73 Å². The van der Waals surface area contributed by atoms with E-state index in [0.29, 0.717) is 17.0 Å². The Morgan fingerprint density at radius 2 is 1.90 bits per heavy atom. The molecule has 0 aliphatic rings. The summed E-state index contributed by atoms with van der Waals surface area (Å²) in [6.45, 7) is 2.12. The van der Waals surface area contributed by atoms with Gasteiger partial charge in [-0.3, -0.25) is 0 Å². The molecule has 4 heteroatoms. The van der Waals surface area contributed by atoms with Gasteiger partial charge >= 0.3 is 0 Å². The summed E-state index contributed by atoms with van der Waals surface area (Å²) in [4.78, 5) is 1.22. The highest BCUT2D eigenvalue weighted by molar-refractivity contribution is 7.99. The molecule has 0 aliphatic carbocycles. The average molecular weight is 310 g/mol. The number of thioether (sulfide) groups is 1. The molecule has 106 valence electrons. The number of hydrogen-bond acceptors (Lipinski definition) is 2. The predicted octanol–water partition coefficient (Wildman–Crippen LogP) is 4.83. The molecule has 0 aliphatic heterocycles. The standard InChI is InChI=1S/C16H17ClFNS/c1-2-20-14-7-4-11(5-8-14)16(19)9-12-3-6-13(17)10-15(12)18/h3-8,10,16H,2,9,19H2,1H3. The molecular weight excluding hydrogens is 293 g/mol. The molecule has 0 saturated carbocycles. The summed E-state index contributed by atoms with van der Waals surface area (Å²) in [7, 11) is 0. The zero-order chi connectivity index (χ0) is 14.5. The first kappa shape index (κ1) is 15.4. The van der Waals surface area contributed by atoms with E-state index < -0.39 is 0 Å². The first-order valence-electron chi connectivity index (χ1n) is 6.52. The van der Waals surface area contributed by atoms with Crippen molar-refractivity contribution >= 4 is 23.4 Å². The van der Waals surface area contributed by atoms with Crippen molar-refractivity contribution in [3.8, 4) is 0 Å². The molecule has 0 saturated heterocycles. The molecular formula is C16H17ClFNS. The highest BCUT2D eigenvalue weighted by Gasteiger charge is 2.11. The van der Waals surface area contributed by atoms with E-state index in [1.807, 2.05) is 12.1 Å². The molecule has 0 fully saturated rings. The SMILES string of the molecule is CCSc1ccc(C(N)Cc2ccc(Cl)cc2F)cc1. The maximum absolute atomic E-state index is 13.7. The van der Waals surface area contributed by atoms with E-state index in [2.05, 4.69) is 19.1 Å². The van der Waals surface area contributed by atoms with Crippen molar-refractivity contribution in [1.29, 1.82) is 0 Å². The molecule has 0 amide bonds.